The van der Waals surface area contributed by atoms with Crippen LogP contribution < -0.4 is 10.6 Å². The van der Waals surface area contributed by atoms with Crippen LogP contribution in [0, 0.1) is 0 Å². The Morgan fingerprint density at radius 3 is 2.62 bits per heavy atom. The van der Waals surface area contributed by atoms with Gasteiger partial charge >= 0.3 is 12.1 Å². The fourth-order valence-corrected chi connectivity index (χ4v) is 3.35. The highest BCUT2D eigenvalue weighted by Gasteiger charge is 2.41. The van der Waals surface area contributed by atoms with E-state index in [2.05, 4.69) is 10.6 Å². The Balaban J connectivity index is 1.95. The third-order valence-electron chi connectivity index (χ3n) is 4.56. The van der Waals surface area contributed by atoms with Gasteiger partial charge in [-0.3, -0.25) is 14.4 Å². The Morgan fingerprint density at radius 2 is 2.00 bits per heavy atom. The van der Waals surface area contributed by atoms with E-state index in [-0.39, 0.29) is 18.2 Å². The van der Waals surface area contributed by atoms with Gasteiger partial charge in [0.2, 0.25) is 18.1 Å². The first-order valence-electron chi connectivity index (χ1n) is 9.93. The highest BCUT2D eigenvalue weighted by molar-refractivity contribution is 5.92. The maximum absolute atomic E-state index is 12.8. The van der Waals surface area contributed by atoms with Gasteiger partial charge in [-0.2, -0.15) is 0 Å². The molecule has 4 atom stereocenters. The molecule has 10 heteroatoms. The average Bonchev–Trinajstić information content (AvgIpc) is 3.19. The van der Waals surface area contributed by atoms with Gasteiger partial charge in [-0.25, -0.2) is 4.79 Å². The largest absolute Gasteiger partial charge is 0.444 e. The predicted octanol–water partition coefficient (Wildman–Crippen LogP) is 0.685. The minimum atomic E-state index is -0.842. The summed E-state index contributed by atoms with van der Waals surface area (Å²) in [6.45, 7) is 9.25. The molecule has 0 aromatic carbocycles. The second-order valence-corrected chi connectivity index (χ2v) is 8.19. The lowest BCUT2D eigenvalue weighted by atomic mass is 10.1. The van der Waals surface area contributed by atoms with Crippen LogP contribution in [-0.2, 0) is 28.6 Å². The molecule has 0 spiro atoms. The van der Waals surface area contributed by atoms with E-state index in [0.717, 1.165) is 0 Å². The summed E-state index contributed by atoms with van der Waals surface area (Å²) < 4.78 is 15.6. The molecule has 0 radical (unpaired) electrons. The fraction of sp³-hybridized carbons (Fsp3) is 0.789. The van der Waals surface area contributed by atoms with E-state index in [9.17, 15) is 19.2 Å². The number of nitrogens with zero attached hydrogens (tertiary/aromatic N) is 1. The van der Waals surface area contributed by atoms with E-state index >= 15 is 0 Å². The van der Waals surface area contributed by atoms with E-state index in [1.54, 1.807) is 34.6 Å². The molecular formula is C19H31N3O7. The van der Waals surface area contributed by atoms with Crippen molar-refractivity contribution < 1.29 is 33.4 Å². The number of hydrogen-bond donors (Lipinski definition) is 2. The summed E-state index contributed by atoms with van der Waals surface area (Å²) in [5.74, 6) is -1.18. The molecule has 3 unspecified atom stereocenters. The van der Waals surface area contributed by atoms with Crippen LogP contribution in [-0.4, -0.2) is 71.9 Å². The van der Waals surface area contributed by atoms with Gasteiger partial charge in [-0.1, -0.05) is 0 Å². The second kappa shape index (κ2) is 9.43. The first-order valence-corrected chi connectivity index (χ1v) is 9.93. The maximum atomic E-state index is 12.8. The van der Waals surface area contributed by atoms with Gasteiger partial charge in [-0.05, 0) is 47.5 Å². The van der Waals surface area contributed by atoms with E-state index in [1.165, 1.54) is 4.90 Å². The summed E-state index contributed by atoms with van der Waals surface area (Å²) in [5.41, 5.74) is -0.680. The number of amides is 3. The molecule has 2 fully saturated rings. The van der Waals surface area contributed by atoms with Crippen LogP contribution in [0.1, 0.15) is 53.9 Å². The summed E-state index contributed by atoms with van der Waals surface area (Å²) in [5, 5.41) is 5.27. The predicted molar refractivity (Wildman–Crippen MR) is 102 cm³/mol. The fourth-order valence-electron chi connectivity index (χ4n) is 3.35. The van der Waals surface area contributed by atoms with Crippen molar-refractivity contribution in [2.24, 2.45) is 0 Å². The van der Waals surface area contributed by atoms with Crippen LogP contribution in [0.25, 0.3) is 0 Å². The van der Waals surface area contributed by atoms with Gasteiger partial charge < -0.3 is 29.7 Å². The van der Waals surface area contributed by atoms with Crippen molar-refractivity contribution in [3.8, 4) is 0 Å². The second-order valence-electron chi connectivity index (χ2n) is 8.19. The first-order chi connectivity index (χ1) is 13.5. The normalized spacial score (nSPS) is 25.3. The van der Waals surface area contributed by atoms with E-state index in [4.69, 9.17) is 14.2 Å². The molecule has 3 amide bonds. The van der Waals surface area contributed by atoms with Crippen LogP contribution in [0.4, 0.5) is 4.79 Å². The number of esters is 1. The van der Waals surface area contributed by atoms with Gasteiger partial charge in [-0.15, -0.1) is 0 Å². The van der Waals surface area contributed by atoms with E-state index in [0.29, 0.717) is 26.0 Å². The molecule has 0 aromatic heterocycles. The van der Waals surface area contributed by atoms with Crippen LogP contribution in [0.2, 0.25) is 0 Å². The van der Waals surface area contributed by atoms with E-state index < -0.39 is 42.1 Å². The van der Waals surface area contributed by atoms with Gasteiger partial charge in [0.15, 0.2) is 0 Å². The first kappa shape index (κ1) is 22.9. The van der Waals surface area contributed by atoms with Crippen molar-refractivity contribution in [3.05, 3.63) is 0 Å². The summed E-state index contributed by atoms with van der Waals surface area (Å²) in [7, 11) is 0. The van der Waals surface area contributed by atoms with Crippen LogP contribution in [0.15, 0.2) is 0 Å². The molecule has 2 aliphatic rings. The number of nitrogens with one attached hydrogen (secondary N) is 2. The quantitative estimate of drug-likeness (QED) is 0.614. The molecule has 2 rings (SSSR count). The molecule has 10 nitrogen and oxygen atoms in total. The number of rotatable bonds is 6. The molecule has 0 aliphatic carbocycles. The lowest BCUT2D eigenvalue weighted by Gasteiger charge is -2.29. The van der Waals surface area contributed by atoms with Gasteiger partial charge in [0.25, 0.3) is 0 Å². The number of cyclic esters (lactones) is 1. The number of carbonyl (C=O) groups is 4. The van der Waals surface area contributed by atoms with Crippen molar-refractivity contribution >= 4 is 23.9 Å². The van der Waals surface area contributed by atoms with Crippen LogP contribution in [0.3, 0.4) is 0 Å². The molecule has 2 saturated heterocycles. The number of hydrogen-bond acceptors (Lipinski definition) is 7. The summed E-state index contributed by atoms with van der Waals surface area (Å²) >= 11 is 0. The van der Waals surface area contributed by atoms with Crippen LogP contribution >= 0.6 is 0 Å². The Labute approximate surface area is 170 Å². The molecule has 0 aromatic rings. The molecule has 2 aliphatic heterocycles. The summed E-state index contributed by atoms with van der Waals surface area (Å²) in [6, 6.07) is -2.11. The van der Waals surface area contributed by atoms with Crippen molar-refractivity contribution in [3.63, 3.8) is 0 Å². The SMILES string of the molecule is CCOC1OC(=O)C[C@@H]1NC(=O)C1CCCN1C(=O)C(C)NC(=O)OC(C)(C)C. The Bertz CT molecular complexity index is 646. The summed E-state index contributed by atoms with van der Waals surface area (Å²) in [6.07, 6.45) is -0.335. The monoisotopic (exact) mass is 413 g/mol. The number of alkyl carbamates (subject to hydrolysis) is 1. The zero-order chi connectivity index (χ0) is 21.8. The standard InChI is InChI=1S/C19H31N3O7/c1-6-27-17-12(10-14(23)28-17)21-15(24)13-8-7-9-22(13)16(25)11(2)20-18(26)29-19(3,4)5/h11-13,17H,6-10H2,1-5H3,(H,20,26)(H,21,24)/t11?,12-,13?,17?/m0/s1. The van der Waals surface area contributed by atoms with E-state index in [1.807, 2.05) is 0 Å². The lowest BCUT2D eigenvalue weighted by molar-refractivity contribution is -0.164. The summed E-state index contributed by atoms with van der Waals surface area (Å²) in [4.78, 5) is 50.5. The van der Waals surface area contributed by atoms with Crippen molar-refractivity contribution in [2.75, 3.05) is 13.2 Å². The zero-order valence-electron chi connectivity index (χ0n) is 17.6. The number of likely N-dealkylation sites (tertiary alicyclic amines) is 1. The van der Waals surface area contributed by atoms with Crippen molar-refractivity contribution in [1.29, 1.82) is 0 Å². The molecule has 164 valence electrons. The Morgan fingerprint density at radius 1 is 1.31 bits per heavy atom. The van der Waals surface area contributed by atoms with Crippen molar-refractivity contribution in [1.82, 2.24) is 15.5 Å². The van der Waals surface area contributed by atoms with Crippen molar-refractivity contribution in [2.45, 2.75) is 83.9 Å². The Hall–Kier alpha value is -2.36. The lowest BCUT2D eigenvalue weighted by Crippen LogP contribution is -2.55. The molecule has 29 heavy (non-hydrogen) atoms. The van der Waals surface area contributed by atoms with Crippen LogP contribution in [0.5, 0.6) is 0 Å². The average molecular weight is 413 g/mol. The van der Waals surface area contributed by atoms with Gasteiger partial charge in [0.1, 0.15) is 23.7 Å². The molecule has 2 N–H and O–H groups in total. The highest BCUT2D eigenvalue weighted by atomic mass is 16.7. The topological polar surface area (TPSA) is 123 Å². The minimum absolute atomic E-state index is 0.0215. The molecule has 2 heterocycles. The molecule has 0 bridgehead atoms. The highest BCUT2D eigenvalue weighted by Crippen LogP contribution is 2.21. The molecule has 0 saturated carbocycles. The maximum Gasteiger partial charge on any atom is 0.408 e. The number of ether oxygens (including phenoxy) is 3. The third kappa shape index (κ3) is 6.31. The Kier molecular flexibility index (Phi) is 7.45. The minimum Gasteiger partial charge on any atom is -0.444 e. The van der Waals surface area contributed by atoms with Gasteiger partial charge in [0, 0.05) is 13.2 Å². The third-order valence-corrected chi connectivity index (χ3v) is 4.56. The molecular weight excluding hydrogens is 382 g/mol. The smallest absolute Gasteiger partial charge is 0.408 e. The number of carbonyl (C=O) groups excluding carboxylic acids is 4. The zero-order valence-corrected chi connectivity index (χ0v) is 17.6. The van der Waals surface area contributed by atoms with Gasteiger partial charge in [0.05, 0.1) is 6.42 Å².